The molecule has 0 radical (unpaired) electrons. The largest absolute Gasteiger partial charge is 0.373 e. The van der Waals surface area contributed by atoms with Gasteiger partial charge in [-0.05, 0) is 38.1 Å². The standard InChI is InChI=1S/C20H23FN2O4S/c1-14-12-23(13-15(2)27-14)28(25,26)18-8-5-7-16(10-18)20(24)22-11-17-6-3-4-9-19(17)21/h3-10,14-15H,11-13H2,1-2H3,(H,22,24). The van der Waals surface area contributed by atoms with Gasteiger partial charge in [0.1, 0.15) is 5.82 Å². The van der Waals surface area contributed by atoms with Crippen molar-refractivity contribution in [2.45, 2.75) is 37.5 Å². The van der Waals surface area contributed by atoms with Gasteiger partial charge in [0.15, 0.2) is 0 Å². The molecule has 8 heteroatoms. The Morgan fingerprint density at radius 3 is 2.50 bits per heavy atom. The molecule has 1 aliphatic heterocycles. The predicted octanol–water partition coefficient (Wildman–Crippen LogP) is 2.55. The molecule has 0 spiro atoms. The van der Waals surface area contributed by atoms with Crippen LogP contribution in [0.1, 0.15) is 29.8 Å². The number of benzene rings is 2. The molecular formula is C20H23FN2O4S. The third kappa shape index (κ3) is 4.57. The number of nitrogens with zero attached hydrogens (tertiary/aromatic N) is 1. The Labute approximate surface area is 164 Å². The van der Waals surface area contributed by atoms with E-state index in [1.165, 1.54) is 34.6 Å². The van der Waals surface area contributed by atoms with Crippen molar-refractivity contribution in [1.29, 1.82) is 0 Å². The Balaban J connectivity index is 1.76. The summed E-state index contributed by atoms with van der Waals surface area (Å²) in [5.41, 5.74) is 0.558. The summed E-state index contributed by atoms with van der Waals surface area (Å²) in [6.07, 6.45) is -0.406. The summed E-state index contributed by atoms with van der Waals surface area (Å²) < 4.78 is 46.6. The van der Waals surface area contributed by atoms with Gasteiger partial charge in [0.25, 0.3) is 5.91 Å². The van der Waals surface area contributed by atoms with Gasteiger partial charge in [0, 0.05) is 30.8 Å². The maximum Gasteiger partial charge on any atom is 0.251 e. The average Bonchev–Trinajstić information content (AvgIpc) is 2.66. The van der Waals surface area contributed by atoms with E-state index in [4.69, 9.17) is 4.74 Å². The van der Waals surface area contributed by atoms with Gasteiger partial charge in [0.2, 0.25) is 10.0 Å². The zero-order valence-electron chi connectivity index (χ0n) is 15.8. The van der Waals surface area contributed by atoms with Gasteiger partial charge in [-0.1, -0.05) is 24.3 Å². The highest BCUT2D eigenvalue weighted by molar-refractivity contribution is 7.89. The van der Waals surface area contributed by atoms with Gasteiger partial charge in [-0.25, -0.2) is 12.8 Å². The number of hydrogen-bond donors (Lipinski definition) is 1. The van der Waals surface area contributed by atoms with Crippen LogP contribution in [0.4, 0.5) is 4.39 Å². The van der Waals surface area contributed by atoms with Gasteiger partial charge < -0.3 is 10.1 Å². The minimum absolute atomic E-state index is 0.0149. The maximum absolute atomic E-state index is 13.7. The van der Waals surface area contributed by atoms with E-state index in [2.05, 4.69) is 5.32 Å². The van der Waals surface area contributed by atoms with Gasteiger partial charge in [-0.2, -0.15) is 4.31 Å². The molecule has 1 saturated heterocycles. The van der Waals surface area contributed by atoms with Crippen LogP contribution in [0.3, 0.4) is 0 Å². The normalized spacial score (nSPS) is 20.7. The lowest BCUT2D eigenvalue weighted by atomic mass is 10.2. The van der Waals surface area contributed by atoms with E-state index in [9.17, 15) is 17.6 Å². The number of hydrogen-bond acceptors (Lipinski definition) is 4. The number of rotatable bonds is 5. The van der Waals surface area contributed by atoms with Crippen molar-refractivity contribution >= 4 is 15.9 Å². The summed E-state index contributed by atoms with van der Waals surface area (Å²) in [6, 6.07) is 12.0. The Morgan fingerprint density at radius 1 is 1.14 bits per heavy atom. The molecule has 1 fully saturated rings. The second-order valence-electron chi connectivity index (χ2n) is 6.88. The van der Waals surface area contributed by atoms with Gasteiger partial charge >= 0.3 is 0 Å². The molecule has 2 aromatic carbocycles. The fourth-order valence-corrected chi connectivity index (χ4v) is 4.83. The fourth-order valence-electron chi connectivity index (χ4n) is 3.19. The number of sulfonamides is 1. The number of carbonyl (C=O) groups is 1. The smallest absolute Gasteiger partial charge is 0.251 e. The molecule has 1 amide bonds. The second-order valence-corrected chi connectivity index (χ2v) is 8.82. The van der Waals surface area contributed by atoms with Crippen LogP contribution in [0.15, 0.2) is 53.4 Å². The number of carbonyl (C=O) groups excluding carboxylic acids is 1. The molecule has 1 N–H and O–H groups in total. The van der Waals surface area contributed by atoms with E-state index in [0.29, 0.717) is 5.56 Å². The Hall–Kier alpha value is -2.29. The summed E-state index contributed by atoms with van der Waals surface area (Å²) >= 11 is 0. The van der Waals surface area contributed by atoms with E-state index in [1.54, 1.807) is 18.2 Å². The minimum Gasteiger partial charge on any atom is -0.373 e. The molecule has 2 aromatic rings. The van der Waals surface area contributed by atoms with Crippen LogP contribution >= 0.6 is 0 Å². The number of nitrogens with one attached hydrogen (secondary N) is 1. The molecule has 1 aliphatic rings. The molecular weight excluding hydrogens is 383 g/mol. The van der Waals surface area contributed by atoms with Crippen LogP contribution < -0.4 is 5.32 Å². The lowest BCUT2D eigenvalue weighted by molar-refractivity contribution is -0.0440. The first-order chi connectivity index (χ1) is 13.3. The van der Waals surface area contributed by atoms with Crippen LogP contribution in [-0.4, -0.2) is 43.9 Å². The molecule has 6 nitrogen and oxygen atoms in total. The lowest BCUT2D eigenvalue weighted by Crippen LogP contribution is -2.48. The van der Waals surface area contributed by atoms with Crippen LogP contribution in [-0.2, 0) is 21.3 Å². The first kappa shape index (κ1) is 20.4. The Bertz CT molecular complexity index is 954. The molecule has 0 aliphatic carbocycles. The quantitative estimate of drug-likeness (QED) is 0.828. The average molecular weight is 406 g/mol. The Kier molecular flexibility index (Phi) is 6.12. The van der Waals surface area contributed by atoms with Crippen LogP contribution in [0.5, 0.6) is 0 Å². The summed E-state index contributed by atoms with van der Waals surface area (Å²) in [6.45, 7) is 4.18. The van der Waals surface area contributed by atoms with E-state index in [0.717, 1.165) is 0 Å². The van der Waals surface area contributed by atoms with Crippen molar-refractivity contribution in [2.75, 3.05) is 13.1 Å². The van der Waals surface area contributed by atoms with E-state index in [-0.39, 0.29) is 42.3 Å². The molecule has 2 unspecified atom stereocenters. The van der Waals surface area contributed by atoms with Gasteiger partial charge in [0.05, 0.1) is 17.1 Å². The monoisotopic (exact) mass is 406 g/mol. The number of amides is 1. The zero-order valence-corrected chi connectivity index (χ0v) is 16.6. The Morgan fingerprint density at radius 2 is 1.82 bits per heavy atom. The molecule has 28 heavy (non-hydrogen) atoms. The third-order valence-corrected chi connectivity index (χ3v) is 6.34. The second kappa shape index (κ2) is 8.38. The first-order valence-electron chi connectivity index (χ1n) is 9.04. The van der Waals surface area contributed by atoms with Gasteiger partial charge in [-0.3, -0.25) is 4.79 Å². The molecule has 3 rings (SSSR count). The van der Waals surface area contributed by atoms with Crippen molar-refractivity contribution in [1.82, 2.24) is 9.62 Å². The number of morpholine rings is 1. The highest BCUT2D eigenvalue weighted by atomic mass is 32.2. The van der Waals surface area contributed by atoms with Crippen LogP contribution in [0.2, 0.25) is 0 Å². The summed E-state index contributed by atoms with van der Waals surface area (Å²) in [4.78, 5) is 12.5. The summed E-state index contributed by atoms with van der Waals surface area (Å²) in [5, 5.41) is 2.62. The fraction of sp³-hybridized carbons (Fsp3) is 0.350. The molecule has 0 saturated carbocycles. The maximum atomic E-state index is 13.7. The lowest BCUT2D eigenvalue weighted by Gasteiger charge is -2.34. The van der Waals surface area contributed by atoms with E-state index < -0.39 is 21.7 Å². The van der Waals surface area contributed by atoms with Crippen molar-refractivity contribution in [3.63, 3.8) is 0 Å². The van der Waals surface area contributed by atoms with Crippen molar-refractivity contribution in [3.05, 3.63) is 65.5 Å². The summed E-state index contributed by atoms with van der Waals surface area (Å²) in [5.74, 6) is -0.876. The molecule has 0 aromatic heterocycles. The summed E-state index contributed by atoms with van der Waals surface area (Å²) in [7, 11) is -3.74. The van der Waals surface area contributed by atoms with Gasteiger partial charge in [-0.15, -0.1) is 0 Å². The third-order valence-electron chi connectivity index (χ3n) is 4.52. The van der Waals surface area contributed by atoms with E-state index in [1.807, 2.05) is 13.8 Å². The van der Waals surface area contributed by atoms with E-state index >= 15 is 0 Å². The molecule has 2 atom stereocenters. The number of ether oxygens (including phenoxy) is 1. The van der Waals surface area contributed by atoms with Crippen molar-refractivity contribution in [2.24, 2.45) is 0 Å². The van der Waals surface area contributed by atoms with Crippen molar-refractivity contribution in [3.8, 4) is 0 Å². The first-order valence-corrected chi connectivity index (χ1v) is 10.5. The topological polar surface area (TPSA) is 75.7 Å². The predicted molar refractivity (Wildman–Crippen MR) is 103 cm³/mol. The number of halogens is 1. The highest BCUT2D eigenvalue weighted by Gasteiger charge is 2.32. The van der Waals surface area contributed by atoms with Crippen LogP contribution in [0.25, 0.3) is 0 Å². The van der Waals surface area contributed by atoms with Crippen molar-refractivity contribution < 1.29 is 22.3 Å². The zero-order chi connectivity index (χ0) is 20.3. The minimum atomic E-state index is -3.74. The molecule has 150 valence electrons. The molecule has 1 heterocycles. The highest BCUT2D eigenvalue weighted by Crippen LogP contribution is 2.22. The van der Waals surface area contributed by atoms with Crippen LogP contribution in [0, 0.1) is 5.82 Å². The molecule has 0 bridgehead atoms. The SMILES string of the molecule is CC1CN(S(=O)(=O)c2cccc(C(=O)NCc3ccccc3F)c2)CC(C)O1.